The molecular formula is C15H16BrFN2S. The zero-order valence-electron chi connectivity index (χ0n) is 11.4. The molecule has 0 aliphatic rings. The lowest BCUT2D eigenvalue weighted by Crippen LogP contribution is -2.06. The first-order valence-electron chi connectivity index (χ1n) is 6.48. The van der Waals surface area contributed by atoms with Gasteiger partial charge in [0.15, 0.2) is 0 Å². The lowest BCUT2D eigenvalue weighted by Gasteiger charge is -2.11. The molecule has 0 saturated heterocycles. The number of aromatic nitrogens is 2. The average molecular weight is 355 g/mol. The molecule has 20 heavy (non-hydrogen) atoms. The van der Waals surface area contributed by atoms with E-state index >= 15 is 0 Å². The molecule has 1 heterocycles. The maximum Gasteiger partial charge on any atom is 0.144 e. The van der Waals surface area contributed by atoms with Crippen molar-refractivity contribution in [3.05, 3.63) is 56.3 Å². The second-order valence-electron chi connectivity index (χ2n) is 5.15. The van der Waals surface area contributed by atoms with Crippen LogP contribution >= 0.6 is 28.1 Å². The van der Waals surface area contributed by atoms with Gasteiger partial charge in [0.05, 0.1) is 4.47 Å². The fourth-order valence-electron chi connectivity index (χ4n) is 2.01. The lowest BCUT2D eigenvalue weighted by atomic mass is 10.1. The van der Waals surface area contributed by atoms with Gasteiger partial charge < -0.3 is 4.98 Å². The standard InChI is InChI=1S/C15H16BrFN2S/c1-9(2)7-12-14(16)15(20)19-13(18-12)8-10-5-3-4-6-11(10)17/h3-6,9H,7-8H2,1-2H3,(H,18,19,20). The predicted molar refractivity (Wildman–Crippen MR) is 84.9 cm³/mol. The smallest absolute Gasteiger partial charge is 0.144 e. The summed E-state index contributed by atoms with van der Waals surface area (Å²) in [6.07, 6.45) is 1.28. The molecule has 2 nitrogen and oxygen atoms in total. The SMILES string of the molecule is CC(C)Cc1[nH]c(Cc2ccccc2F)nc(=S)c1Br. The first-order chi connectivity index (χ1) is 9.47. The molecule has 0 unspecified atom stereocenters. The summed E-state index contributed by atoms with van der Waals surface area (Å²) in [5.74, 6) is 0.974. The number of benzene rings is 1. The lowest BCUT2D eigenvalue weighted by molar-refractivity contribution is 0.608. The minimum Gasteiger partial charge on any atom is -0.346 e. The highest BCUT2D eigenvalue weighted by atomic mass is 79.9. The molecule has 5 heteroatoms. The Morgan fingerprint density at radius 1 is 1.35 bits per heavy atom. The highest BCUT2D eigenvalue weighted by Crippen LogP contribution is 2.20. The number of H-pyrrole nitrogens is 1. The van der Waals surface area contributed by atoms with Gasteiger partial charge in [0, 0.05) is 12.1 Å². The van der Waals surface area contributed by atoms with Gasteiger partial charge in [0.1, 0.15) is 16.3 Å². The number of aromatic amines is 1. The van der Waals surface area contributed by atoms with Crippen LogP contribution in [0.15, 0.2) is 28.7 Å². The van der Waals surface area contributed by atoms with Crippen LogP contribution in [-0.2, 0) is 12.8 Å². The Morgan fingerprint density at radius 3 is 2.70 bits per heavy atom. The maximum absolute atomic E-state index is 13.7. The zero-order chi connectivity index (χ0) is 14.7. The Hall–Kier alpha value is -1.07. The molecule has 2 rings (SSSR count). The van der Waals surface area contributed by atoms with Crippen molar-refractivity contribution in [3.63, 3.8) is 0 Å². The fraction of sp³-hybridized carbons (Fsp3) is 0.333. The Kier molecular flexibility index (Phi) is 5.05. The van der Waals surface area contributed by atoms with E-state index < -0.39 is 0 Å². The second-order valence-corrected chi connectivity index (χ2v) is 6.33. The van der Waals surface area contributed by atoms with Crippen molar-refractivity contribution >= 4 is 28.1 Å². The average Bonchev–Trinajstić information content (AvgIpc) is 2.37. The van der Waals surface area contributed by atoms with E-state index in [0.717, 1.165) is 16.6 Å². The van der Waals surface area contributed by atoms with Crippen molar-refractivity contribution in [1.82, 2.24) is 9.97 Å². The summed E-state index contributed by atoms with van der Waals surface area (Å²) in [5.41, 5.74) is 1.63. The van der Waals surface area contributed by atoms with Crippen molar-refractivity contribution in [3.8, 4) is 0 Å². The molecule has 0 atom stereocenters. The third-order valence-corrected chi connectivity index (χ3v) is 4.32. The fourth-order valence-corrected chi connectivity index (χ4v) is 2.60. The number of rotatable bonds is 4. The van der Waals surface area contributed by atoms with Gasteiger partial charge >= 0.3 is 0 Å². The van der Waals surface area contributed by atoms with Gasteiger partial charge in [-0.15, -0.1) is 0 Å². The van der Waals surface area contributed by atoms with Crippen molar-refractivity contribution in [2.45, 2.75) is 26.7 Å². The number of hydrogen-bond acceptors (Lipinski definition) is 2. The van der Waals surface area contributed by atoms with Crippen LogP contribution in [0.3, 0.4) is 0 Å². The molecule has 106 valence electrons. The summed E-state index contributed by atoms with van der Waals surface area (Å²) in [7, 11) is 0. The maximum atomic E-state index is 13.7. The molecule has 0 spiro atoms. The molecule has 1 aromatic heterocycles. The summed E-state index contributed by atoms with van der Waals surface area (Å²) in [6.45, 7) is 4.28. The molecule has 1 aromatic carbocycles. The molecule has 0 bridgehead atoms. The highest BCUT2D eigenvalue weighted by molar-refractivity contribution is 9.10. The van der Waals surface area contributed by atoms with E-state index in [0.29, 0.717) is 28.4 Å². The number of nitrogens with one attached hydrogen (secondary N) is 1. The summed E-state index contributed by atoms with van der Waals surface area (Å²) in [5, 5.41) is 0. The van der Waals surface area contributed by atoms with E-state index in [-0.39, 0.29) is 5.82 Å². The summed E-state index contributed by atoms with van der Waals surface area (Å²) < 4.78 is 15.0. The number of halogens is 2. The monoisotopic (exact) mass is 354 g/mol. The van der Waals surface area contributed by atoms with E-state index in [1.54, 1.807) is 12.1 Å². The third-order valence-electron chi connectivity index (χ3n) is 2.91. The van der Waals surface area contributed by atoms with Gasteiger partial charge in [0.25, 0.3) is 0 Å². The first kappa shape index (κ1) is 15.3. The van der Waals surface area contributed by atoms with E-state index in [9.17, 15) is 4.39 Å². The van der Waals surface area contributed by atoms with Crippen LogP contribution < -0.4 is 0 Å². The van der Waals surface area contributed by atoms with Crippen LogP contribution in [0.25, 0.3) is 0 Å². The molecule has 0 radical (unpaired) electrons. The van der Waals surface area contributed by atoms with E-state index in [1.165, 1.54) is 6.07 Å². The van der Waals surface area contributed by atoms with Crippen LogP contribution in [0.5, 0.6) is 0 Å². The Bertz CT molecular complexity index is 667. The normalized spacial score (nSPS) is 11.1. The van der Waals surface area contributed by atoms with E-state index in [1.807, 2.05) is 6.07 Å². The van der Waals surface area contributed by atoms with Crippen LogP contribution in [0.1, 0.15) is 30.9 Å². The zero-order valence-corrected chi connectivity index (χ0v) is 13.8. The first-order valence-corrected chi connectivity index (χ1v) is 7.68. The predicted octanol–water partition coefficient (Wildman–Crippen LogP) is 4.83. The third kappa shape index (κ3) is 3.73. The molecule has 0 aliphatic carbocycles. The topological polar surface area (TPSA) is 28.7 Å². The van der Waals surface area contributed by atoms with E-state index in [2.05, 4.69) is 39.7 Å². The Balaban J connectivity index is 2.36. The van der Waals surface area contributed by atoms with E-state index in [4.69, 9.17) is 12.2 Å². The molecule has 0 aliphatic heterocycles. The van der Waals surface area contributed by atoms with Gasteiger partial charge in [-0.1, -0.05) is 44.3 Å². The minimum atomic E-state index is -0.220. The van der Waals surface area contributed by atoms with Crippen molar-refractivity contribution in [2.75, 3.05) is 0 Å². The van der Waals surface area contributed by atoms with Gasteiger partial charge in [-0.05, 0) is 39.9 Å². The van der Waals surface area contributed by atoms with Crippen molar-refractivity contribution < 1.29 is 4.39 Å². The van der Waals surface area contributed by atoms with Gasteiger partial charge in [-0.3, -0.25) is 0 Å². The quantitative estimate of drug-likeness (QED) is 0.796. The summed E-state index contributed by atoms with van der Waals surface area (Å²) >= 11 is 8.73. The minimum absolute atomic E-state index is 0.220. The molecule has 1 N–H and O–H groups in total. The van der Waals surface area contributed by atoms with Crippen molar-refractivity contribution in [2.24, 2.45) is 5.92 Å². The summed E-state index contributed by atoms with van der Waals surface area (Å²) in [4.78, 5) is 7.59. The highest BCUT2D eigenvalue weighted by Gasteiger charge is 2.10. The number of hydrogen-bond donors (Lipinski definition) is 1. The molecule has 0 saturated carbocycles. The van der Waals surface area contributed by atoms with Crippen molar-refractivity contribution in [1.29, 1.82) is 0 Å². The summed E-state index contributed by atoms with van der Waals surface area (Å²) in [6, 6.07) is 6.72. The Morgan fingerprint density at radius 2 is 2.05 bits per heavy atom. The molecular weight excluding hydrogens is 339 g/mol. The molecule has 2 aromatic rings. The molecule has 0 fully saturated rings. The van der Waals surface area contributed by atoms with Crippen LogP contribution in [0.4, 0.5) is 4.39 Å². The molecule has 0 amide bonds. The second kappa shape index (κ2) is 6.59. The van der Waals surface area contributed by atoms with Gasteiger partial charge in [-0.25, -0.2) is 9.37 Å². The van der Waals surface area contributed by atoms with Crippen LogP contribution in [0.2, 0.25) is 0 Å². The van der Waals surface area contributed by atoms with Crippen LogP contribution in [-0.4, -0.2) is 9.97 Å². The van der Waals surface area contributed by atoms with Crippen LogP contribution in [0, 0.1) is 16.4 Å². The van der Waals surface area contributed by atoms with Gasteiger partial charge in [0.2, 0.25) is 0 Å². The largest absolute Gasteiger partial charge is 0.346 e. The van der Waals surface area contributed by atoms with Gasteiger partial charge in [-0.2, -0.15) is 0 Å². The number of nitrogens with zero attached hydrogens (tertiary/aromatic N) is 1. The Labute approximate surface area is 131 Å².